The Hall–Kier alpha value is -2.04. The van der Waals surface area contributed by atoms with Gasteiger partial charge in [-0.15, -0.1) is 0 Å². The van der Waals surface area contributed by atoms with E-state index in [1.54, 1.807) is 13.0 Å². The fraction of sp³-hybridized carbons (Fsp3) is 0.273. The number of hydrogen-bond acceptors (Lipinski definition) is 3. The van der Waals surface area contributed by atoms with Gasteiger partial charge in [0.05, 0.1) is 0 Å². The molecule has 0 bridgehead atoms. The first-order valence-electron chi connectivity index (χ1n) is 4.66. The Kier molecular flexibility index (Phi) is 3.50. The van der Waals surface area contributed by atoms with E-state index in [0.717, 1.165) is 0 Å². The van der Waals surface area contributed by atoms with E-state index in [1.807, 2.05) is 0 Å². The molecule has 5 nitrogen and oxygen atoms in total. The molecule has 0 amide bonds. The standard InChI is InChI=1S/C11H12O5/c1-6-4-7(2-3-9(6)12)5-8(10(13)14)11(15)16/h2-4,8,12H,5H2,1H3,(H,13,14)(H,15,16). The lowest BCUT2D eigenvalue weighted by molar-refractivity contribution is -0.154. The summed E-state index contributed by atoms with van der Waals surface area (Å²) in [5.41, 5.74) is 1.16. The molecule has 1 rings (SSSR count). The minimum absolute atomic E-state index is 0.0915. The Balaban J connectivity index is 2.90. The van der Waals surface area contributed by atoms with E-state index in [9.17, 15) is 14.7 Å². The summed E-state index contributed by atoms with van der Waals surface area (Å²) in [6, 6.07) is 4.51. The average molecular weight is 224 g/mol. The van der Waals surface area contributed by atoms with Crippen molar-refractivity contribution in [3.8, 4) is 5.75 Å². The topological polar surface area (TPSA) is 94.8 Å². The zero-order valence-corrected chi connectivity index (χ0v) is 8.67. The number of carbonyl (C=O) groups is 2. The molecule has 0 aliphatic carbocycles. The Bertz CT molecular complexity index is 410. The zero-order valence-electron chi connectivity index (χ0n) is 8.67. The largest absolute Gasteiger partial charge is 0.508 e. The van der Waals surface area contributed by atoms with Gasteiger partial charge < -0.3 is 15.3 Å². The van der Waals surface area contributed by atoms with Crippen molar-refractivity contribution in [1.29, 1.82) is 0 Å². The van der Waals surface area contributed by atoms with Crippen LogP contribution < -0.4 is 0 Å². The molecule has 0 aromatic heterocycles. The third kappa shape index (κ3) is 2.73. The van der Waals surface area contributed by atoms with E-state index in [1.165, 1.54) is 12.1 Å². The van der Waals surface area contributed by atoms with Gasteiger partial charge in [-0.05, 0) is 30.5 Å². The predicted octanol–water partition coefficient (Wildman–Crippen LogP) is 1.03. The number of carboxylic acid groups (broad SMARTS) is 2. The lowest BCUT2D eigenvalue weighted by Gasteiger charge is -2.08. The van der Waals surface area contributed by atoms with Crippen molar-refractivity contribution in [3.05, 3.63) is 29.3 Å². The van der Waals surface area contributed by atoms with Crippen molar-refractivity contribution in [2.45, 2.75) is 13.3 Å². The summed E-state index contributed by atoms with van der Waals surface area (Å²) in [5.74, 6) is -4.08. The van der Waals surface area contributed by atoms with Gasteiger partial charge in [0.2, 0.25) is 0 Å². The summed E-state index contributed by atoms with van der Waals surface area (Å²) in [6.07, 6.45) is -0.0915. The Morgan fingerprint density at radius 2 is 1.81 bits per heavy atom. The number of carboxylic acids is 2. The lowest BCUT2D eigenvalue weighted by atomic mass is 9.98. The summed E-state index contributed by atoms with van der Waals surface area (Å²) < 4.78 is 0. The van der Waals surface area contributed by atoms with E-state index in [2.05, 4.69) is 0 Å². The zero-order chi connectivity index (χ0) is 12.3. The van der Waals surface area contributed by atoms with E-state index < -0.39 is 17.9 Å². The highest BCUT2D eigenvalue weighted by Crippen LogP contribution is 2.19. The second kappa shape index (κ2) is 4.65. The molecule has 0 fully saturated rings. The first kappa shape index (κ1) is 12.0. The van der Waals surface area contributed by atoms with Crippen LogP contribution in [0.2, 0.25) is 0 Å². The highest BCUT2D eigenvalue weighted by molar-refractivity contribution is 5.93. The Morgan fingerprint density at radius 3 is 2.25 bits per heavy atom. The normalized spacial score (nSPS) is 10.4. The molecule has 0 unspecified atom stereocenters. The molecular formula is C11H12O5. The first-order chi connectivity index (χ1) is 7.41. The van der Waals surface area contributed by atoms with Crippen molar-refractivity contribution in [3.63, 3.8) is 0 Å². The van der Waals surface area contributed by atoms with Crippen molar-refractivity contribution in [2.75, 3.05) is 0 Å². The van der Waals surface area contributed by atoms with Gasteiger partial charge in [-0.1, -0.05) is 12.1 Å². The second-order valence-electron chi connectivity index (χ2n) is 3.55. The molecule has 1 aromatic rings. The number of hydrogen-bond donors (Lipinski definition) is 3. The molecule has 0 atom stereocenters. The van der Waals surface area contributed by atoms with Crippen LogP contribution in [0.3, 0.4) is 0 Å². The summed E-state index contributed by atoms with van der Waals surface area (Å²) in [4.78, 5) is 21.3. The van der Waals surface area contributed by atoms with E-state index >= 15 is 0 Å². The molecule has 86 valence electrons. The van der Waals surface area contributed by atoms with E-state index in [4.69, 9.17) is 10.2 Å². The molecule has 0 aliphatic heterocycles. The minimum atomic E-state index is -1.45. The van der Waals surface area contributed by atoms with Crippen LogP contribution in [0, 0.1) is 12.8 Å². The van der Waals surface area contributed by atoms with Crippen molar-refractivity contribution in [1.82, 2.24) is 0 Å². The minimum Gasteiger partial charge on any atom is -0.508 e. The smallest absolute Gasteiger partial charge is 0.318 e. The van der Waals surface area contributed by atoms with Gasteiger partial charge in [0.1, 0.15) is 5.75 Å². The number of aliphatic carboxylic acids is 2. The number of phenolic OH excluding ortho intramolecular Hbond substituents is 1. The van der Waals surface area contributed by atoms with Crippen LogP contribution in [-0.2, 0) is 16.0 Å². The van der Waals surface area contributed by atoms with Crippen molar-refractivity contribution < 1.29 is 24.9 Å². The molecule has 5 heteroatoms. The molecule has 0 aliphatic rings. The molecular weight excluding hydrogens is 212 g/mol. The predicted molar refractivity (Wildman–Crippen MR) is 55.3 cm³/mol. The summed E-state index contributed by atoms with van der Waals surface area (Å²) in [6.45, 7) is 1.66. The number of aromatic hydroxyl groups is 1. The van der Waals surface area contributed by atoms with Crippen LogP contribution in [-0.4, -0.2) is 27.3 Å². The quantitative estimate of drug-likeness (QED) is 0.664. The fourth-order valence-corrected chi connectivity index (χ4v) is 1.36. The molecule has 0 radical (unpaired) electrons. The molecule has 0 saturated heterocycles. The third-order valence-corrected chi connectivity index (χ3v) is 2.30. The van der Waals surface area contributed by atoms with Crippen molar-refractivity contribution in [2.24, 2.45) is 5.92 Å². The van der Waals surface area contributed by atoms with Crippen LogP contribution in [0.4, 0.5) is 0 Å². The van der Waals surface area contributed by atoms with Gasteiger partial charge in [0.15, 0.2) is 5.92 Å². The molecule has 0 saturated carbocycles. The van der Waals surface area contributed by atoms with Crippen LogP contribution in [0.5, 0.6) is 5.75 Å². The molecule has 16 heavy (non-hydrogen) atoms. The van der Waals surface area contributed by atoms with Crippen molar-refractivity contribution >= 4 is 11.9 Å². The van der Waals surface area contributed by atoms with Crippen LogP contribution in [0.15, 0.2) is 18.2 Å². The van der Waals surface area contributed by atoms with Gasteiger partial charge in [-0.2, -0.15) is 0 Å². The summed E-state index contributed by atoms with van der Waals surface area (Å²) in [5, 5.41) is 26.7. The lowest BCUT2D eigenvalue weighted by Crippen LogP contribution is -2.25. The SMILES string of the molecule is Cc1cc(CC(C(=O)O)C(=O)O)ccc1O. The van der Waals surface area contributed by atoms with Crippen LogP contribution in [0.25, 0.3) is 0 Å². The average Bonchev–Trinajstić information content (AvgIpc) is 2.18. The summed E-state index contributed by atoms with van der Waals surface area (Å²) in [7, 11) is 0. The highest BCUT2D eigenvalue weighted by atomic mass is 16.4. The number of aryl methyl sites for hydroxylation is 1. The van der Waals surface area contributed by atoms with Gasteiger partial charge >= 0.3 is 11.9 Å². The van der Waals surface area contributed by atoms with Gasteiger partial charge in [-0.25, -0.2) is 0 Å². The molecule has 1 aromatic carbocycles. The number of benzene rings is 1. The molecule has 0 heterocycles. The van der Waals surface area contributed by atoms with E-state index in [-0.39, 0.29) is 12.2 Å². The maximum atomic E-state index is 10.7. The van der Waals surface area contributed by atoms with Crippen LogP contribution in [0.1, 0.15) is 11.1 Å². The number of rotatable bonds is 4. The van der Waals surface area contributed by atoms with Gasteiger partial charge in [-0.3, -0.25) is 9.59 Å². The first-order valence-corrected chi connectivity index (χ1v) is 4.66. The maximum Gasteiger partial charge on any atom is 0.318 e. The highest BCUT2D eigenvalue weighted by Gasteiger charge is 2.25. The molecule has 3 N–H and O–H groups in total. The van der Waals surface area contributed by atoms with Crippen LogP contribution >= 0.6 is 0 Å². The Labute approximate surface area is 92.0 Å². The summed E-state index contributed by atoms with van der Waals surface area (Å²) >= 11 is 0. The third-order valence-electron chi connectivity index (χ3n) is 2.30. The second-order valence-corrected chi connectivity index (χ2v) is 3.55. The van der Waals surface area contributed by atoms with E-state index in [0.29, 0.717) is 11.1 Å². The number of phenols is 1. The monoisotopic (exact) mass is 224 g/mol. The van der Waals surface area contributed by atoms with Gasteiger partial charge in [0, 0.05) is 0 Å². The molecule has 0 spiro atoms. The fourth-order valence-electron chi connectivity index (χ4n) is 1.36. The Morgan fingerprint density at radius 1 is 1.25 bits per heavy atom. The van der Waals surface area contributed by atoms with Gasteiger partial charge in [0.25, 0.3) is 0 Å². The maximum absolute atomic E-state index is 10.7.